The second kappa shape index (κ2) is 8.19. The zero-order chi connectivity index (χ0) is 19.3. The number of benzene rings is 2. The average Bonchev–Trinajstić information content (AvgIpc) is 2.57. The van der Waals surface area contributed by atoms with Crippen LogP contribution in [0.25, 0.3) is 0 Å². The van der Waals surface area contributed by atoms with Crippen LogP contribution < -0.4 is 10.1 Å². The number of hydrogen-bond acceptors (Lipinski definition) is 5. The first-order valence-electron chi connectivity index (χ1n) is 7.44. The van der Waals surface area contributed by atoms with Crippen molar-refractivity contribution in [2.45, 2.75) is 13.3 Å². The Morgan fingerprint density at radius 3 is 2.42 bits per heavy atom. The van der Waals surface area contributed by atoms with E-state index in [1.165, 1.54) is 31.2 Å². The lowest BCUT2D eigenvalue weighted by atomic mass is 10.1. The monoisotopic (exact) mass is 363 g/mol. The molecule has 0 heterocycles. The maximum absolute atomic E-state index is 13.6. The van der Waals surface area contributed by atoms with Crippen molar-refractivity contribution in [2.75, 3.05) is 12.4 Å². The van der Waals surface area contributed by atoms with E-state index in [4.69, 9.17) is 4.74 Å². The summed E-state index contributed by atoms with van der Waals surface area (Å²) in [7, 11) is 1.16. The second-order valence-corrected chi connectivity index (χ2v) is 5.26. The predicted molar refractivity (Wildman–Crippen MR) is 87.8 cm³/mol. The van der Waals surface area contributed by atoms with Gasteiger partial charge in [-0.2, -0.15) is 0 Å². The molecule has 136 valence electrons. The van der Waals surface area contributed by atoms with E-state index in [-0.39, 0.29) is 29.0 Å². The summed E-state index contributed by atoms with van der Waals surface area (Å²) in [6.07, 6.45) is -0.328. The van der Waals surface area contributed by atoms with Crippen LogP contribution in [0.4, 0.5) is 14.5 Å². The van der Waals surface area contributed by atoms with Crippen LogP contribution in [0.1, 0.15) is 22.8 Å². The topological polar surface area (TPSA) is 81.7 Å². The van der Waals surface area contributed by atoms with Crippen LogP contribution in [0, 0.1) is 11.6 Å². The molecular weight excluding hydrogens is 348 g/mol. The number of hydrogen-bond donors (Lipinski definition) is 1. The van der Waals surface area contributed by atoms with Crippen LogP contribution in [-0.4, -0.2) is 25.0 Å². The maximum Gasteiger partial charge on any atom is 0.341 e. The highest BCUT2D eigenvalue weighted by Gasteiger charge is 2.17. The van der Waals surface area contributed by atoms with Crippen LogP contribution in [-0.2, 0) is 20.7 Å². The molecule has 0 aliphatic heterocycles. The summed E-state index contributed by atoms with van der Waals surface area (Å²) in [6.45, 7) is 1.17. The summed E-state index contributed by atoms with van der Waals surface area (Å²) < 4.78 is 36.0. The van der Waals surface area contributed by atoms with Crippen molar-refractivity contribution in [3.8, 4) is 5.75 Å². The molecule has 0 atom stereocenters. The lowest BCUT2D eigenvalue weighted by molar-refractivity contribution is -0.131. The summed E-state index contributed by atoms with van der Waals surface area (Å²) in [5.74, 6) is -3.56. The van der Waals surface area contributed by atoms with Crippen molar-refractivity contribution in [1.29, 1.82) is 0 Å². The van der Waals surface area contributed by atoms with Gasteiger partial charge in [0.05, 0.1) is 13.5 Å². The van der Waals surface area contributed by atoms with Gasteiger partial charge in [-0.15, -0.1) is 0 Å². The van der Waals surface area contributed by atoms with Crippen LogP contribution in [0.15, 0.2) is 36.4 Å². The van der Waals surface area contributed by atoms with Gasteiger partial charge in [-0.25, -0.2) is 13.6 Å². The Kier molecular flexibility index (Phi) is 6.00. The number of carbonyl (C=O) groups excluding carboxylic acids is 3. The summed E-state index contributed by atoms with van der Waals surface area (Å²) in [6, 6.07) is 6.91. The van der Waals surface area contributed by atoms with Gasteiger partial charge in [0.1, 0.15) is 22.9 Å². The van der Waals surface area contributed by atoms with Gasteiger partial charge >= 0.3 is 11.9 Å². The Labute approximate surface area is 147 Å². The number of amides is 1. The Hall–Kier alpha value is -3.29. The molecular formula is C18H15F2NO5. The van der Waals surface area contributed by atoms with E-state index in [1.807, 2.05) is 0 Å². The van der Waals surface area contributed by atoms with Crippen LogP contribution >= 0.6 is 0 Å². The van der Waals surface area contributed by atoms with Gasteiger partial charge in [0, 0.05) is 18.7 Å². The largest absolute Gasteiger partial charge is 0.465 e. The maximum atomic E-state index is 13.6. The minimum Gasteiger partial charge on any atom is -0.465 e. The van der Waals surface area contributed by atoms with Crippen LogP contribution in [0.5, 0.6) is 5.75 Å². The smallest absolute Gasteiger partial charge is 0.341 e. The lowest BCUT2D eigenvalue weighted by Crippen LogP contribution is -2.16. The first kappa shape index (κ1) is 19.0. The van der Waals surface area contributed by atoms with E-state index in [0.717, 1.165) is 13.2 Å². The molecule has 0 bridgehead atoms. The Bertz CT molecular complexity index is 867. The minimum atomic E-state index is -0.833. The Morgan fingerprint density at radius 2 is 1.81 bits per heavy atom. The number of methoxy groups -OCH3 is 1. The van der Waals surface area contributed by atoms with Gasteiger partial charge in [-0.3, -0.25) is 9.59 Å². The minimum absolute atomic E-state index is 0.0214. The molecule has 0 aromatic heterocycles. The molecule has 0 fully saturated rings. The molecule has 0 aliphatic rings. The van der Waals surface area contributed by atoms with Gasteiger partial charge in [0.15, 0.2) is 0 Å². The fraction of sp³-hybridized carbons (Fsp3) is 0.167. The fourth-order valence-corrected chi connectivity index (χ4v) is 2.16. The molecule has 2 aromatic carbocycles. The van der Waals surface area contributed by atoms with Gasteiger partial charge < -0.3 is 14.8 Å². The molecule has 2 rings (SSSR count). The molecule has 0 spiro atoms. The van der Waals surface area contributed by atoms with Crippen molar-refractivity contribution in [3.05, 3.63) is 59.2 Å². The fourth-order valence-electron chi connectivity index (χ4n) is 2.16. The first-order valence-corrected chi connectivity index (χ1v) is 7.44. The van der Waals surface area contributed by atoms with E-state index in [2.05, 4.69) is 10.1 Å². The van der Waals surface area contributed by atoms with E-state index in [9.17, 15) is 23.2 Å². The second-order valence-electron chi connectivity index (χ2n) is 5.26. The van der Waals surface area contributed by atoms with Crippen molar-refractivity contribution in [3.63, 3.8) is 0 Å². The number of carbonyl (C=O) groups is 3. The van der Waals surface area contributed by atoms with E-state index >= 15 is 0 Å². The number of ether oxygens (including phenoxy) is 2. The highest BCUT2D eigenvalue weighted by molar-refractivity contribution is 5.97. The summed E-state index contributed by atoms with van der Waals surface area (Å²) >= 11 is 0. The van der Waals surface area contributed by atoms with Crippen LogP contribution in [0.3, 0.4) is 0 Å². The number of esters is 2. The number of nitrogens with one attached hydrogen (secondary N) is 1. The number of rotatable bonds is 5. The van der Waals surface area contributed by atoms with Crippen molar-refractivity contribution in [2.24, 2.45) is 0 Å². The highest BCUT2D eigenvalue weighted by Crippen LogP contribution is 2.24. The van der Waals surface area contributed by atoms with E-state index in [0.29, 0.717) is 6.07 Å². The van der Waals surface area contributed by atoms with Crippen molar-refractivity contribution < 1.29 is 32.6 Å². The normalized spacial score (nSPS) is 10.2. The van der Waals surface area contributed by atoms with Gasteiger partial charge in [-0.1, -0.05) is 6.07 Å². The van der Waals surface area contributed by atoms with Gasteiger partial charge in [-0.05, 0) is 29.8 Å². The molecule has 6 nitrogen and oxygen atoms in total. The van der Waals surface area contributed by atoms with Crippen molar-refractivity contribution in [1.82, 2.24) is 0 Å². The van der Waals surface area contributed by atoms with E-state index < -0.39 is 29.5 Å². The number of anilines is 1. The summed E-state index contributed by atoms with van der Waals surface area (Å²) in [5.41, 5.74) is 0.177. The number of halogens is 2. The predicted octanol–water partition coefficient (Wildman–Crippen LogP) is 2.86. The van der Waals surface area contributed by atoms with E-state index in [1.54, 1.807) is 0 Å². The lowest BCUT2D eigenvalue weighted by Gasteiger charge is -2.11. The quantitative estimate of drug-likeness (QED) is 0.653. The third-order valence-corrected chi connectivity index (χ3v) is 3.29. The molecule has 26 heavy (non-hydrogen) atoms. The average molecular weight is 363 g/mol. The summed E-state index contributed by atoms with van der Waals surface area (Å²) in [4.78, 5) is 35.0. The third kappa shape index (κ3) is 4.85. The van der Waals surface area contributed by atoms with Gasteiger partial charge in [0.2, 0.25) is 5.91 Å². The zero-order valence-corrected chi connectivity index (χ0v) is 14.0. The van der Waals surface area contributed by atoms with Crippen LogP contribution in [0.2, 0.25) is 0 Å². The molecule has 0 radical (unpaired) electrons. The first-order chi connectivity index (χ1) is 12.3. The Balaban J connectivity index is 2.19. The Morgan fingerprint density at radius 1 is 1.08 bits per heavy atom. The van der Waals surface area contributed by atoms with Crippen molar-refractivity contribution >= 4 is 23.5 Å². The molecule has 0 saturated heterocycles. The summed E-state index contributed by atoms with van der Waals surface area (Å²) in [5, 5.41) is 2.48. The molecule has 0 aliphatic carbocycles. The molecule has 1 amide bonds. The SMILES string of the molecule is COC(=O)c1cc(NC(=O)Cc2ccc(F)cc2F)ccc1OC(C)=O. The molecule has 0 saturated carbocycles. The highest BCUT2D eigenvalue weighted by atomic mass is 19.1. The molecule has 0 unspecified atom stereocenters. The molecule has 8 heteroatoms. The van der Waals surface area contributed by atoms with Gasteiger partial charge in [0.25, 0.3) is 0 Å². The zero-order valence-electron chi connectivity index (χ0n) is 14.0. The standard InChI is InChI=1S/C18H15F2NO5/c1-10(22)26-16-6-5-13(9-14(16)18(24)25-2)21-17(23)7-11-3-4-12(19)8-15(11)20/h3-6,8-9H,7H2,1-2H3,(H,21,23). The molecule has 1 N–H and O–H groups in total. The molecule has 2 aromatic rings. The third-order valence-electron chi connectivity index (χ3n) is 3.29.